The number of aliphatic hydroxyl groups is 1. The number of rotatable bonds is 2. The second-order valence-electron chi connectivity index (χ2n) is 3.48. The smallest absolute Gasteiger partial charge is 0.303 e. The number of allylic oxidation sites excluding steroid dienone is 1. The summed E-state index contributed by atoms with van der Waals surface area (Å²) in [6.07, 6.45) is 3.44. The number of hydrogen-bond donors (Lipinski definition) is 1. The molecule has 0 bridgehead atoms. The van der Waals surface area contributed by atoms with E-state index in [-0.39, 0.29) is 5.78 Å². The third kappa shape index (κ3) is 2.01. The Morgan fingerprint density at radius 3 is 2.64 bits per heavy atom. The van der Waals surface area contributed by atoms with E-state index in [4.69, 9.17) is 4.74 Å². The molecule has 0 radical (unpaired) electrons. The Bertz CT molecular complexity index is 282. The Morgan fingerprint density at radius 2 is 2.14 bits per heavy atom. The van der Waals surface area contributed by atoms with Crippen LogP contribution in [0.2, 0.25) is 0 Å². The van der Waals surface area contributed by atoms with Crippen LogP contribution in [0, 0.1) is 0 Å². The standard InChI is InChI=1S/C10H14O4/c1-7(11)10(13)6-4-3-5-9(10)14-8(2)12/h3,5,9,13H,4,6H2,1-2H3/t9-,10+/m1/s1. The maximum absolute atomic E-state index is 11.2. The summed E-state index contributed by atoms with van der Waals surface area (Å²) in [5, 5.41) is 9.98. The monoisotopic (exact) mass is 198 g/mol. The van der Waals surface area contributed by atoms with E-state index in [1.54, 1.807) is 12.2 Å². The first-order valence-corrected chi connectivity index (χ1v) is 4.54. The molecule has 4 nitrogen and oxygen atoms in total. The lowest BCUT2D eigenvalue weighted by atomic mass is 9.83. The summed E-state index contributed by atoms with van der Waals surface area (Å²) in [6, 6.07) is 0. The molecule has 0 aromatic carbocycles. The van der Waals surface area contributed by atoms with Crippen molar-refractivity contribution < 1.29 is 19.4 Å². The zero-order valence-corrected chi connectivity index (χ0v) is 8.32. The normalized spacial score (nSPS) is 31.2. The van der Waals surface area contributed by atoms with Crippen LogP contribution in [0.3, 0.4) is 0 Å². The molecule has 0 saturated carbocycles. The maximum Gasteiger partial charge on any atom is 0.303 e. The van der Waals surface area contributed by atoms with Crippen molar-refractivity contribution in [3.8, 4) is 0 Å². The summed E-state index contributed by atoms with van der Waals surface area (Å²) in [5.41, 5.74) is -1.54. The molecule has 0 saturated heterocycles. The van der Waals surface area contributed by atoms with Gasteiger partial charge >= 0.3 is 5.97 Å². The van der Waals surface area contributed by atoms with Gasteiger partial charge in [-0.15, -0.1) is 0 Å². The average molecular weight is 198 g/mol. The summed E-state index contributed by atoms with van der Waals surface area (Å²) >= 11 is 0. The van der Waals surface area contributed by atoms with Gasteiger partial charge in [0.05, 0.1) is 0 Å². The molecule has 0 heterocycles. The number of ether oxygens (including phenoxy) is 1. The Morgan fingerprint density at radius 1 is 1.50 bits per heavy atom. The average Bonchev–Trinajstić information content (AvgIpc) is 2.08. The maximum atomic E-state index is 11.2. The van der Waals surface area contributed by atoms with E-state index in [1.807, 2.05) is 0 Å². The van der Waals surface area contributed by atoms with Crippen LogP contribution in [0.4, 0.5) is 0 Å². The van der Waals surface area contributed by atoms with E-state index in [2.05, 4.69) is 0 Å². The molecule has 2 atom stereocenters. The van der Waals surface area contributed by atoms with Gasteiger partial charge in [0.15, 0.2) is 17.5 Å². The molecule has 0 aromatic rings. The van der Waals surface area contributed by atoms with Crippen LogP contribution in [-0.2, 0) is 14.3 Å². The fourth-order valence-electron chi connectivity index (χ4n) is 1.52. The Kier molecular flexibility index (Phi) is 3.06. The van der Waals surface area contributed by atoms with E-state index >= 15 is 0 Å². The van der Waals surface area contributed by atoms with Gasteiger partial charge in [0.25, 0.3) is 0 Å². The number of carbonyl (C=O) groups is 2. The molecule has 4 heteroatoms. The lowest BCUT2D eigenvalue weighted by molar-refractivity contribution is -0.165. The van der Waals surface area contributed by atoms with Crippen molar-refractivity contribution in [2.75, 3.05) is 0 Å². The number of Topliss-reactive ketones (excluding diaryl/α,β-unsaturated/α-hetero) is 1. The van der Waals surface area contributed by atoms with Crippen molar-refractivity contribution in [2.24, 2.45) is 0 Å². The predicted octanol–water partition coefficient (Wildman–Crippen LogP) is 0.588. The summed E-state index contributed by atoms with van der Waals surface area (Å²) < 4.78 is 4.87. The van der Waals surface area contributed by atoms with E-state index in [0.29, 0.717) is 12.8 Å². The van der Waals surface area contributed by atoms with Gasteiger partial charge in [0, 0.05) is 6.92 Å². The number of esters is 1. The van der Waals surface area contributed by atoms with E-state index in [0.717, 1.165) is 0 Å². The number of hydrogen-bond acceptors (Lipinski definition) is 4. The summed E-state index contributed by atoms with van der Waals surface area (Å²) in [6.45, 7) is 2.55. The van der Waals surface area contributed by atoms with E-state index < -0.39 is 17.7 Å². The lowest BCUT2D eigenvalue weighted by Crippen LogP contribution is -2.50. The van der Waals surface area contributed by atoms with Crippen molar-refractivity contribution in [2.45, 2.75) is 38.4 Å². The molecule has 1 N–H and O–H groups in total. The van der Waals surface area contributed by atoms with Gasteiger partial charge in [0.2, 0.25) is 0 Å². The molecule has 1 rings (SSSR count). The van der Waals surface area contributed by atoms with Gasteiger partial charge in [-0.05, 0) is 25.8 Å². The summed E-state index contributed by atoms with van der Waals surface area (Å²) in [5.74, 6) is -0.866. The first kappa shape index (κ1) is 10.9. The molecule has 0 amide bonds. The third-order valence-electron chi connectivity index (χ3n) is 2.38. The Labute approximate surface area is 82.6 Å². The molecule has 1 aliphatic rings. The fourth-order valence-corrected chi connectivity index (χ4v) is 1.52. The second kappa shape index (κ2) is 3.92. The highest BCUT2D eigenvalue weighted by Crippen LogP contribution is 2.27. The van der Waals surface area contributed by atoms with Crippen molar-refractivity contribution >= 4 is 11.8 Å². The van der Waals surface area contributed by atoms with Gasteiger partial charge in [-0.3, -0.25) is 9.59 Å². The van der Waals surface area contributed by atoms with Crippen molar-refractivity contribution in [3.63, 3.8) is 0 Å². The lowest BCUT2D eigenvalue weighted by Gasteiger charge is -2.33. The molecule has 0 unspecified atom stereocenters. The second-order valence-corrected chi connectivity index (χ2v) is 3.48. The quantitative estimate of drug-likeness (QED) is 0.521. The molecule has 78 valence electrons. The number of ketones is 1. The molecule has 0 aliphatic heterocycles. The highest BCUT2D eigenvalue weighted by molar-refractivity contribution is 5.86. The van der Waals surface area contributed by atoms with Gasteiger partial charge in [-0.2, -0.15) is 0 Å². The largest absolute Gasteiger partial charge is 0.455 e. The van der Waals surface area contributed by atoms with E-state index in [1.165, 1.54) is 13.8 Å². The first-order valence-electron chi connectivity index (χ1n) is 4.54. The zero-order valence-electron chi connectivity index (χ0n) is 8.32. The van der Waals surface area contributed by atoms with E-state index in [9.17, 15) is 14.7 Å². The van der Waals surface area contributed by atoms with Crippen LogP contribution in [-0.4, -0.2) is 28.6 Å². The molecule has 14 heavy (non-hydrogen) atoms. The van der Waals surface area contributed by atoms with Crippen LogP contribution in [0.15, 0.2) is 12.2 Å². The highest BCUT2D eigenvalue weighted by atomic mass is 16.6. The summed E-state index contributed by atoms with van der Waals surface area (Å²) in [7, 11) is 0. The molecular formula is C10H14O4. The van der Waals surface area contributed by atoms with Gasteiger partial charge < -0.3 is 9.84 Å². The highest BCUT2D eigenvalue weighted by Gasteiger charge is 2.43. The topological polar surface area (TPSA) is 63.6 Å². The van der Waals surface area contributed by atoms with Crippen molar-refractivity contribution in [1.82, 2.24) is 0 Å². The molecule has 0 fully saturated rings. The Balaban J connectivity index is 2.87. The van der Waals surface area contributed by atoms with Gasteiger partial charge in [-0.1, -0.05) is 6.08 Å². The predicted molar refractivity (Wildman–Crippen MR) is 49.6 cm³/mol. The van der Waals surface area contributed by atoms with Crippen LogP contribution < -0.4 is 0 Å². The zero-order chi connectivity index (χ0) is 10.8. The van der Waals surface area contributed by atoms with Crippen LogP contribution in [0.1, 0.15) is 26.7 Å². The summed E-state index contributed by atoms with van der Waals surface area (Å²) in [4.78, 5) is 22.0. The van der Waals surface area contributed by atoms with Gasteiger partial charge in [-0.25, -0.2) is 0 Å². The minimum absolute atomic E-state index is 0.302. The minimum atomic E-state index is -1.54. The molecule has 1 aliphatic carbocycles. The third-order valence-corrected chi connectivity index (χ3v) is 2.38. The number of carbonyl (C=O) groups excluding carboxylic acids is 2. The van der Waals surface area contributed by atoms with Gasteiger partial charge in [0.1, 0.15) is 0 Å². The van der Waals surface area contributed by atoms with Crippen LogP contribution >= 0.6 is 0 Å². The first-order chi connectivity index (χ1) is 6.47. The van der Waals surface area contributed by atoms with Crippen molar-refractivity contribution in [3.05, 3.63) is 12.2 Å². The SMILES string of the molecule is CC(=O)O[C@@H]1C=CCC[C@]1(O)C(C)=O. The van der Waals surface area contributed by atoms with Crippen LogP contribution in [0.5, 0.6) is 0 Å². The Hall–Kier alpha value is -1.16. The fraction of sp³-hybridized carbons (Fsp3) is 0.600. The van der Waals surface area contributed by atoms with Crippen LogP contribution in [0.25, 0.3) is 0 Å². The molecule has 0 aromatic heterocycles. The minimum Gasteiger partial charge on any atom is -0.455 e. The van der Waals surface area contributed by atoms with Crippen molar-refractivity contribution in [1.29, 1.82) is 0 Å². The molecule has 0 spiro atoms. The molecular weight excluding hydrogens is 184 g/mol.